The number of hydrogen-bond acceptors (Lipinski definition) is 10. The minimum atomic E-state index is -1.80. The molecule has 0 bridgehead atoms. The highest BCUT2D eigenvalue weighted by atomic mass is 16.5. The molecular formula is C21H27N5O8. The number of aliphatic hydroxyl groups is 4. The Hall–Kier alpha value is -3.52. The molecule has 1 aliphatic heterocycles. The van der Waals surface area contributed by atoms with Gasteiger partial charge in [-0.25, -0.2) is 9.48 Å². The molecule has 184 valence electrons. The number of aliphatic hydroxyl groups excluding tert-OH is 4. The highest BCUT2D eigenvalue weighted by Crippen LogP contribution is 2.23. The molecule has 1 aromatic heterocycles. The second-order valence-electron chi connectivity index (χ2n) is 7.99. The van der Waals surface area contributed by atoms with E-state index < -0.39 is 54.7 Å². The van der Waals surface area contributed by atoms with Crippen molar-refractivity contribution in [2.75, 3.05) is 25.6 Å². The number of benzene rings is 1. The van der Waals surface area contributed by atoms with Crippen molar-refractivity contribution in [3.05, 3.63) is 42.3 Å². The predicted molar refractivity (Wildman–Crippen MR) is 117 cm³/mol. The van der Waals surface area contributed by atoms with Gasteiger partial charge in [0.15, 0.2) is 6.10 Å². The number of carboxylic acids is 1. The molecule has 2 heterocycles. The smallest absolute Gasteiger partial charge is 0.370 e. The van der Waals surface area contributed by atoms with E-state index in [4.69, 9.17) is 14.9 Å². The zero-order valence-corrected chi connectivity index (χ0v) is 18.5. The summed E-state index contributed by atoms with van der Waals surface area (Å²) in [7, 11) is 3.84. The Balaban J connectivity index is 1.71. The third kappa shape index (κ3) is 5.69. The maximum atomic E-state index is 12.6. The summed E-state index contributed by atoms with van der Waals surface area (Å²) < 4.78 is 6.45. The molecule has 4 unspecified atom stereocenters. The Morgan fingerprint density at radius 1 is 1.24 bits per heavy atom. The van der Waals surface area contributed by atoms with Gasteiger partial charge in [0.25, 0.3) is 0 Å². The zero-order valence-electron chi connectivity index (χ0n) is 18.5. The Bertz CT molecular complexity index is 1040. The third-order valence-corrected chi connectivity index (χ3v) is 5.29. The van der Waals surface area contributed by atoms with Crippen molar-refractivity contribution in [2.24, 2.45) is 0 Å². The van der Waals surface area contributed by atoms with Crippen molar-refractivity contribution in [1.29, 1.82) is 0 Å². The van der Waals surface area contributed by atoms with Crippen molar-refractivity contribution in [2.45, 2.75) is 37.0 Å². The topological polar surface area (TPSA) is 190 Å². The number of carbonyl (C=O) groups is 2. The summed E-state index contributed by atoms with van der Waals surface area (Å²) in [5.74, 6) is -2.81. The lowest BCUT2D eigenvalue weighted by atomic mass is 9.94. The van der Waals surface area contributed by atoms with Gasteiger partial charge in [-0.05, 0) is 18.2 Å². The zero-order chi connectivity index (χ0) is 25.0. The molecule has 2 aromatic rings. The molecule has 3 rings (SSSR count). The van der Waals surface area contributed by atoms with Gasteiger partial charge in [-0.3, -0.25) is 4.79 Å². The van der Waals surface area contributed by atoms with Crippen LogP contribution in [-0.4, -0.2) is 104 Å². The van der Waals surface area contributed by atoms with Crippen molar-refractivity contribution in [3.63, 3.8) is 0 Å². The summed E-state index contributed by atoms with van der Waals surface area (Å²) in [5, 5.41) is 59.1. The van der Waals surface area contributed by atoms with Crippen LogP contribution in [0, 0.1) is 0 Å². The normalized spacial score (nSPS) is 21.7. The number of nitrogens with zero attached hydrogens (tertiary/aromatic N) is 4. The Kier molecular flexibility index (Phi) is 7.83. The molecule has 6 N–H and O–H groups in total. The summed E-state index contributed by atoms with van der Waals surface area (Å²) in [4.78, 5) is 25.8. The first-order chi connectivity index (χ1) is 16.1. The van der Waals surface area contributed by atoms with Crippen LogP contribution in [-0.2, 0) is 20.9 Å². The number of anilines is 1. The largest absolute Gasteiger partial charge is 0.478 e. The van der Waals surface area contributed by atoms with E-state index in [-0.39, 0.29) is 6.54 Å². The van der Waals surface area contributed by atoms with Crippen LogP contribution in [0.1, 0.15) is 0 Å². The number of aromatic nitrogens is 3. The first kappa shape index (κ1) is 25.1. The SMILES string of the molecule is CN(C)c1ccc(-c2cn(CC(=O)N[C@@H]3C(O)C=C(C(=O)O)OC3C(O)C(O)CO)nn2)cc1. The maximum Gasteiger partial charge on any atom is 0.370 e. The van der Waals surface area contributed by atoms with Crippen LogP contribution in [0.5, 0.6) is 0 Å². The molecule has 0 radical (unpaired) electrons. The first-order valence-electron chi connectivity index (χ1n) is 10.3. The van der Waals surface area contributed by atoms with E-state index in [0.717, 1.165) is 17.3 Å². The number of aliphatic carboxylic acids is 1. The van der Waals surface area contributed by atoms with E-state index in [1.54, 1.807) is 6.20 Å². The minimum Gasteiger partial charge on any atom is -0.478 e. The molecule has 0 fully saturated rings. The third-order valence-electron chi connectivity index (χ3n) is 5.29. The second kappa shape index (κ2) is 10.6. The molecule has 1 amide bonds. The standard InChI is InChI=1S/C21H27N5O8/c1-25(2)12-5-3-11(4-6-12)13-8-26(24-23-13)9-17(30)22-18-14(28)7-16(21(32)33)34-20(18)19(31)15(29)10-27/h3-8,14-15,18-20,27-29,31H,9-10H2,1-2H3,(H,22,30)(H,32,33)/t14?,15?,18-,19?,20?/m1/s1. The van der Waals surface area contributed by atoms with Crippen LogP contribution in [0.4, 0.5) is 5.69 Å². The summed E-state index contributed by atoms with van der Waals surface area (Å²) in [6.45, 7) is -1.14. The summed E-state index contributed by atoms with van der Waals surface area (Å²) in [6, 6.07) is 6.25. The fraction of sp³-hybridized carbons (Fsp3) is 0.429. The molecule has 13 nitrogen and oxygen atoms in total. The number of nitrogens with one attached hydrogen (secondary N) is 1. The molecule has 5 atom stereocenters. The van der Waals surface area contributed by atoms with E-state index in [1.165, 1.54) is 4.68 Å². The van der Waals surface area contributed by atoms with Crippen molar-refractivity contribution in [1.82, 2.24) is 20.3 Å². The number of carbonyl (C=O) groups excluding carboxylic acids is 1. The van der Waals surface area contributed by atoms with Crippen LogP contribution in [0.25, 0.3) is 11.3 Å². The first-order valence-corrected chi connectivity index (χ1v) is 10.3. The maximum absolute atomic E-state index is 12.6. The highest BCUT2D eigenvalue weighted by molar-refractivity contribution is 5.84. The summed E-state index contributed by atoms with van der Waals surface area (Å²) in [5.41, 5.74) is 2.33. The quantitative estimate of drug-likeness (QED) is 0.233. The number of amides is 1. The van der Waals surface area contributed by atoms with Crippen molar-refractivity contribution < 1.29 is 39.9 Å². The number of hydrogen-bond donors (Lipinski definition) is 6. The van der Waals surface area contributed by atoms with Gasteiger partial charge < -0.3 is 40.5 Å². The van der Waals surface area contributed by atoms with Gasteiger partial charge >= 0.3 is 5.97 Å². The van der Waals surface area contributed by atoms with Crippen LogP contribution in [0.2, 0.25) is 0 Å². The van der Waals surface area contributed by atoms with Gasteiger partial charge in [0.2, 0.25) is 11.7 Å². The van der Waals surface area contributed by atoms with E-state index in [9.17, 15) is 24.9 Å². The Labute approximate surface area is 194 Å². The van der Waals surface area contributed by atoms with E-state index in [1.807, 2.05) is 43.3 Å². The van der Waals surface area contributed by atoms with Gasteiger partial charge in [-0.2, -0.15) is 0 Å². The monoisotopic (exact) mass is 477 g/mol. The van der Waals surface area contributed by atoms with Crippen LogP contribution in [0.15, 0.2) is 42.3 Å². The lowest BCUT2D eigenvalue weighted by molar-refractivity contribution is -0.149. The van der Waals surface area contributed by atoms with Crippen LogP contribution < -0.4 is 10.2 Å². The van der Waals surface area contributed by atoms with Crippen molar-refractivity contribution in [3.8, 4) is 11.3 Å². The average Bonchev–Trinajstić information content (AvgIpc) is 3.27. The summed E-state index contributed by atoms with van der Waals surface area (Å²) in [6.07, 6.45) is -4.15. The summed E-state index contributed by atoms with van der Waals surface area (Å²) >= 11 is 0. The highest BCUT2D eigenvalue weighted by Gasteiger charge is 2.43. The van der Waals surface area contributed by atoms with Gasteiger partial charge in [-0.15, -0.1) is 5.10 Å². The molecule has 0 aliphatic carbocycles. The number of rotatable bonds is 9. The van der Waals surface area contributed by atoms with Crippen LogP contribution in [0.3, 0.4) is 0 Å². The molecule has 0 spiro atoms. The Morgan fingerprint density at radius 2 is 1.91 bits per heavy atom. The van der Waals surface area contributed by atoms with Gasteiger partial charge in [0.05, 0.1) is 18.8 Å². The molecular weight excluding hydrogens is 450 g/mol. The second-order valence-corrected chi connectivity index (χ2v) is 7.99. The van der Waals surface area contributed by atoms with Crippen molar-refractivity contribution >= 4 is 17.6 Å². The predicted octanol–water partition coefficient (Wildman–Crippen LogP) is -2.06. The van der Waals surface area contributed by atoms with E-state index >= 15 is 0 Å². The van der Waals surface area contributed by atoms with Gasteiger partial charge in [0.1, 0.15) is 30.6 Å². The van der Waals surface area contributed by atoms with E-state index in [2.05, 4.69) is 15.6 Å². The molecule has 1 aliphatic rings. The fourth-order valence-electron chi connectivity index (χ4n) is 3.43. The average molecular weight is 477 g/mol. The fourth-order valence-corrected chi connectivity index (χ4v) is 3.43. The minimum absolute atomic E-state index is 0.299. The van der Waals surface area contributed by atoms with Gasteiger partial charge in [-0.1, -0.05) is 17.3 Å². The molecule has 34 heavy (non-hydrogen) atoms. The number of ether oxygens (including phenoxy) is 1. The van der Waals surface area contributed by atoms with Gasteiger partial charge in [0, 0.05) is 25.3 Å². The number of carboxylic acid groups (broad SMARTS) is 1. The molecule has 13 heteroatoms. The lowest BCUT2D eigenvalue weighted by Gasteiger charge is -2.38. The lowest BCUT2D eigenvalue weighted by Crippen LogP contribution is -2.60. The molecule has 1 aromatic carbocycles. The van der Waals surface area contributed by atoms with E-state index in [0.29, 0.717) is 5.69 Å². The Morgan fingerprint density at radius 3 is 2.50 bits per heavy atom. The molecule has 0 saturated heterocycles. The van der Waals surface area contributed by atoms with Crippen LogP contribution >= 0.6 is 0 Å². The molecule has 0 saturated carbocycles.